The van der Waals surface area contributed by atoms with E-state index in [4.69, 9.17) is 0 Å². The number of carbonyl (C=O) groups is 2. The second-order valence-corrected chi connectivity index (χ2v) is 5.10. The minimum Gasteiger partial charge on any atom is -0.354 e. The number of thiol groups is 1. The van der Waals surface area contributed by atoms with Crippen LogP contribution in [0.2, 0.25) is 0 Å². The van der Waals surface area contributed by atoms with Gasteiger partial charge in [0.15, 0.2) is 0 Å². The van der Waals surface area contributed by atoms with Gasteiger partial charge in [0.05, 0.1) is 5.25 Å². The van der Waals surface area contributed by atoms with Crippen LogP contribution in [0.3, 0.4) is 0 Å². The SMILES string of the molecule is CC(C)C(S)C(=O)NCCNC(=O)C1CC1. The van der Waals surface area contributed by atoms with E-state index >= 15 is 0 Å². The van der Waals surface area contributed by atoms with Crippen LogP contribution in [0.5, 0.6) is 0 Å². The van der Waals surface area contributed by atoms with Crippen molar-refractivity contribution in [3.8, 4) is 0 Å². The van der Waals surface area contributed by atoms with Gasteiger partial charge >= 0.3 is 0 Å². The number of hydrogen-bond acceptors (Lipinski definition) is 3. The van der Waals surface area contributed by atoms with Crippen LogP contribution in [0.4, 0.5) is 0 Å². The Morgan fingerprint density at radius 2 is 1.81 bits per heavy atom. The molecule has 0 aromatic rings. The van der Waals surface area contributed by atoms with Crippen LogP contribution in [0.15, 0.2) is 0 Å². The average molecular weight is 244 g/mol. The molecule has 5 heteroatoms. The van der Waals surface area contributed by atoms with Crippen molar-refractivity contribution < 1.29 is 9.59 Å². The van der Waals surface area contributed by atoms with Gasteiger partial charge < -0.3 is 10.6 Å². The summed E-state index contributed by atoms with van der Waals surface area (Å²) in [6.07, 6.45) is 2.01. The zero-order valence-electron chi connectivity index (χ0n) is 9.82. The summed E-state index contributed by atoms with van der Waals surface area (Å²) in [5.41, 5.74) is 0. The van der Waals surface area contributed by atoms with Gasteiger partial charge in [0.25, 0.3) is 0 Å². The Balaban J connectivity index is 2.05. The third-order valence-corrected chi connectivity index (χ3v) is 3.40. The maximum absolute atomic E-state index is 11.5. The number of rotatable bonds is 6. The fourth-order valence-electron chi connectivity index (χ4n) is 1.27. The molecule has 1 atom stereocenters. The molecule has 4 nitrogen and oxygen atoms in total. The zero-order chi connectivity index (χ0) is 12.1. The fraction of sp³-hybridized carbons (Fsp3) is 0.818. The average Bonchev–Trinajstić information content (AvgIpc) is 3.05. The quantitative estimate of drug-likeness (QED) is 0.473. The van der Waals surface area contributed by atoms with Gasteiger partial charge in [0, 0.05) is 19.0 Å². The van der Waals surface area contributed by atoms with Crippen molar-refractivity contribution in [2.45, 2.75) is 31.9 Å². The molecule has 0 bridgehead atoms. The van der Waals surface area contributed by atoms with E-state index in [0.29, 0.717) is 13.1 Å². The van der Waals surface area contributed by atoms with Gasteiger partial charge in [-0.05, 0) is 18.8 Å². The van der Waals surface area contributed by atoms with Gasteiger partial charge in [-0.15, -0.1) is 0 Å². The molecule has 2 N–H and O–H groups in total. The van der Waals surface area contributed by atoms with E-state index in [1.165, 1.54) is 0 Å². The predicted octanol–water partition coefficient (Wildman–Crippen LogP) is 0.583. The number of carbonyl (C=O) groups excluding carboxylic acids is 2. The molecule has 1 fully saturated rings. The van der Waals surface area contributed by atoms with Crippen LogP contribution in [0.25, 0.3) is 0 Å². The van der Waals surface area contributed by atoms with E-state index in [0.717, 1.165) is 12.8 Å². The molecule has 2 amide bonds. The zero-order valence-corrected chi connectivity index (χ0v) is 10.7. The summed E-state index contributed by atoms with van der Waals surface area (Å²) in [5, 5.41) is 5.26. The third-order valence-electron chi connectivity index (χ3n) is 2.57. The van der Waals surface area contributed by atoms with Crippen molar-refractivity contribution in [3.63, 3.8) is 0 Å². The lowest BCUT2D eigenvalue weighted by atomic mass is 10.1. The Bertz CT molecular complexity index is 265. The largest absolute Gasteiger partial charge is 0.354 e. The summed E-state index contributed by atoms with van der Waals surface area (Å²) in [6, 6.07) is 0. The van der Waals surface area contributed by atoms with Crippen LogP contribution in [0, 0.1) is 11.8 Å². The molecule has 1 rings (SSSR count). The Morgan fingerprint density at radius 1 is 1.25 bits per heavy atom. The van der Waals surface area contributed by atoms with Crippen LogP contribution >= 0.6 is 12.6 Å². The van der Waals surface area contributed by atoms with E-state index < -0.39 is 0 Å². The lowest BCUT2D eigenvalue weighted by Gasteiger charge is -2.14. The molecular formula is C11H20N2O2S. The van der Waals surface area contributed by atoms with Gasteiger partial charge in [0.2, 0.25) is 11.8 Å². The number of nitrogens with one attached hydrogen (secondary N) is 2. The first-order valence-corrected chi connectivity index (χ1v) is 6.27. The van der Waals surface area contributed by atoms with Crippen molar-refractivity contribution in [3.05, 3.63) is 0 Å². The Morgan fingerprint density at radius 3 is 2.31 bits per heavy atom. The summed E-state index contributed by atoms with van der Waals surface area (Å²) in [6.45, 7) is 4.87. The second-order valence-electron chi connectivity index (χ2n) is 4.55. The molecule has 0 aromatic heterocycles. The highest BCUT2D eigenvalue weighted by molar-refractivity contribution is 7.81. The molecule has 0 aromatic carbocycles. The summed E-state index contributed by atoms with van der Waals surface area (Å²) in [5.74, 6) is 0.480. The molecule has 1 aliphatic carbocycles. The Hall–Kier alpha value is -0.710. The van der Waals surface area contributed by atoms with Gasteiger partial charge in [-0.1, -0.05) is 13.8 Å². The first kappa shape index (κ1) is 13.4. The molecule has 92 valence electrons. The maximum atomic E-state index is 11.5. The highest BCUT2D eigenvalue weighted by Gasteiger charge is 2.29. The van der Waals surface area contributed by atoms with Crippen LogP contribution in [-0.2, 0) is 9.59 Å². The summed E-state index contributed by atoms with van der Waals surface area (Å²) in [4.78, 5) is 22.7. The van der Waals surface area contributed by atoms with Gasteiger partial charge in [-0.2, -0.15) is 12.6 Å². The van der Waals surface area contributed by atoms with Crippen LogP contribution in [0.1, 0.15) is 26.7 Å². The Kier molecular flexibility index (Phi) is 5.12. The van der Waals surface area contributed by atoms with Gasteiger partial charge in [-0.25, -0.2) is 0 Å². The first-order chi connectivity index (χ1) is 7.52. The highest BCUT2D eigenvalue weighted by Crippen LogP contribution is 2.28. The Labute approximate surface area is 102 Å². The molecule has 0 spiro atoms. The maximum Gasteiger partial charge on any atom is 0.233 e. The normalized spacial score (nSPS) is 17.0. The predicted molar refractivity (Wildman–Crippen MR) is 66.4 cm³/mol. The molecule has 1 unspecified atom stereocenters. The molecule has 0 aliphatic heterocycles. The lowest BCUT2D eigenvalue weighted by molar-refractivity contribution is -0.123. The minimum atomic E-state index is -0.279. The van der Waals surface area contributed by atoms with Crippen molar-refractivity contribution in [2.75, 3.05) is 13.1 Å². The van der Waals surface area contributed by atoms with E-state index in [-0.39, 0.29) is 28.9 Å². The second kappa shape index (κ2) is 6.13. The van der Waals surface area contributed by atoms with E-state index in [1.807, 2.05) is 13.8 Å². The number of amides is 2. The molecule has 16 heavy (non-hydrogen) atoms. The highest BCUT2D eigenvalue weighted by atomic mass is 32.1. The first-order valence-electron chi connectivity index (χ1n) is 5.76. The molecule has 1 aliphatic rings. The topological polar surface area (TPSA) is 58.2 Å². The molecule has 0 radical (unpaired) electrons. The summed E-state index contributed by atoms with van der Waals surface area (Å²) >= 11 is 4.21. The monoisotopic (exact) mass is 244 g/mol. The molecule has 0 heterocycles. The fourth-order valence-corrected chi connectivity index (χ4v) is 1.36. The lowest BCUT2D eigenvalue weighted by Crippen LogP contribution is -2.39. The van der Waals surface area contributed by atoms with Crippen molar-refractivity contribution in [1.82, 2.24) is 10.6 Å². The van der Waals surface area contributed by atoms with E-state index in [2.05, 4.69) is 23.3 Å². The van der Waals surface area contributed by atoms with Crippen molar-refractivity contribution >= 4 is 24.4 Å². The molecular weight excluding hydrogens is 224 g/mol. The van der Waals surface area contributed by atoms with Gasteiger partial charge in [-0.3, -0.25) is 9.59 Å². The minimum absolute atomic E-state index is 0.0704. The summed E-state index contributed by atoms with van der Waals surface area (Å²) in [7, 11) is 0. The van der Waals surface area contributed by atoms with Crippen molar-refractivity contribution in [1.29, 1.82) is 0 Å². The van der Waals surface area contributed by atoms with E-state index in [9.17, 15) is 9.59 Å². The summed E-state index contributed by atoms with van der Waals surface area (Å²) < 4.78 is 0. The van der Waals surface area contributed by atoms with Crippen LogP contribution < -0.4 is 10.6 Å². The molecule has 0 saturated heterocycles. The number of hydrogen-bond donors (Lipinski definition) is 3. The van der Waals surface area contributed by atoms with Crippen molar-refractivity contribution in [2.24, 2.45) is 11.8 Å². The van der Waals surface area contributed by atoms with E-state index in [1.54, 1.807) is 0 Å². The molecule has 1 saturated carbocycles. The van der Waals surface area contributed by atoms with Gasteiger partial charge in [0.1, 0.15) is 0 Å². The van der Waals surface area contributed by atoms with Crippen LogP contribution in [-0.4, -0.2) is 30.2 Å². The standard InChI is InChI=1S/C11H20N2O2S/c1-7(2)9(16)11(15)13-6-5-12-10(14)8-3-4-8/h7-9,16H,3-6H2,1-2H3,(H,12,14)(H,13,15). The third kappa shape index (κ3) is 4.43. The smallest absolute Gasteiger partial charge is 0.233 e.